The maximum absolute atomic E-state index is 13.2. The summed E-state index contributed by atoms with van der Waals surface area (Å²) >= 11 is 0. The second kappa shape index (κ2) is 2.76. The smallest absolute Gasteiger partial charge is 0.356 e. The SMILES string of the molecule is Cc1nc2ccc(C(=O)O)nn2c1F. The van der Waals surface area contributed by atoms with E-state index < -0.39 is 11.9 Å². The molecule has 1 N–H and O–H groups in total. The molecule has 0 saturated carbocycles. The van der Waals surface area contributed by atoms with E-state index in [1.165, 1.54) is 19.1 Å². The number of nitrogens with zero attached hydrogens (tertiary/aromatic N) is 3. The Hall–Kier alpha value is -1.98. The van der Waals surface area contributed by atoms with Gasteiger partial charge in [0, 0.05) is 0 Å². The van der Waals surface area contributed by atoms with Crippen molar-refractivity contribution in [3.63, 3.8) is 0 Å². The van der Waals surface area contributed by atoms with Crippen molar-refractivity contribution in [1.82, 2.24) is 14.6 Å². The van der Waals surface area contributed by atoms with Crippen LogP contribution < -0.4 is 0 Å². The van der Waals surface area contributed by atoms with Crippen molar-refractivity contribution in [1.29, 1.82) is 0 Å². The Morgan fingerprint density at radius 2 is 2.29 bits per heavy atom. The normalized spacial score (nSPS) is 10.7. The monoisotopic (exact) mass is 195 g/mol. The Labute approximate surface area is 77.8 Å². The number of imidazole rings is 1. The number of aromatic nitrogens is 3. The minimum Gasteiger partial charge on any atom is -0.476 e. The number of halogens is 1. The number of carbonyl (C=O) groups is 1. The number of fused-ring (bicyclic) bond motifs is 1. The molecule has 0 aliphatic heterocycles. The van der Waals surface area contributed by atoms with Gasteiger partial charge < -0.3 is 5.11 Å². The molecule has 0 aliphatic carbocycles. The summed E-state index contributed by atoms with van der Waals surface area (Å²) in [6, 6.07) is 2.69. The maximum atomic E-state index is 13.2. The van der Waals surface area contributed by atoms with Gasteiger partial charge in [-0.3, -0.25) is 0 Å². The molecule has 0 aromatic carbocycles. The summed E-state index contributed by atoms with van der Waals surface area (Å²) in [5.41, 5.74) is 0.277. The van der Waals surface area contributed by atoms with E-state index in [0.29, 0.717) is 5.65 Å². The van der Waals surface area contributed by atoms with E-state index in [4.69, 9.17) is 5.11 Å². The zero-order valence-corrected chi connectivity index (χ0v) is 7.23. The Balaban J connectivity index is 2.76. The van der Waals surface area contributed by atoms with Gasteiger partial charge in [0.05, 0.1) is 5.69 Å². The lowest BCUT2D eigenvalue weighted by molar-refractivity contribution is 0.0688. The molecule has 0 saturated heterocycles. The third-order valence-electron chi connectivity index (χ3n) is 1.80. The summed E-state index contributed by atoms with van der Waals surface area (Å²) in [6.45, 7) is 1.49. The van der Waals surface area contributed by atoms with Crippen molar-refractivity contribution >= 4 is 11.6 Å². The lowest BCUT2D eigenvalue weighted by atomic mass is 10.4. The van der Waals surface area contributed by atoms with Crippen molar-refractivity contribution in [3.05, 3.63) is 29.5 Å². The standard InChI is InChI=1S/C8H6FN3O2/c1-4-7(9)12-6(10-4)3-2-5(11-12)8(13)14/h2-3H,1H3,(H,13,14). The molecule has 0 atom stereocenters. The molecule has 2 aromatic heterocycles. The van der Waals surface area contributed by atoms with E-state index in [1.807, 2.05) is 0 Å². The first-order chi connectivity index (χ1) is 6.59. The van der Waals surface area contributed by atoms with Gasteiger partial charge in [-0.25, -0.2) is 9.78 Å². The molecule has 72 valence electrons. The molecule has 0 spiro atoms. The number of hydrogen-bond donors (Lipinski definition) is 1. The molecule has 0 bridgehead atoms. The molecule has 6 heteroatoms. The molecule has 0 amide bonds. The van der Waals surface area contributed by atoms with Crippen molar-refractivity contribution in [3.8, 4) is 0 Å². The first kappa shape index (κ1) is 8.61. The predicted octanol–water partition coefficient (Wildman–Crippen LogP) is 0.875. The van der Waals surface area contributed by atoms with E-state index in [1.54, 1.807) is 0 Å². The minimum absolute atomic E-state index is 0.194. The second-order valence-corrected chi connectivity index (χ2v) is 2.78. The molecular weight excluding hydrogens is 189 g/mol. The topological polar surface area (TPSA) is 67.5 Å². The highest BCUT2D eigenvalue weighted by atomic mass is 19.1. The lowest BCUT2D eigenvalue weighted by Gasteiger charge is -1.94. The van der Waals surface area contributed by atoms with Crippen LogP contribution in [0.25, 0.3) is 5.65 Å². The van der Waals surface area contributed by atoms with Crippen LogP contribution in [0.15, 0.2) is 12.1 Å². The fourth-order valence-electron chi connectivity index (χ4n) is 1.13. The third kappa shape index (κ3) is 1.12. The molecule has 14 heavy (non-hydrogen) atoms. The van der Waals surface area contributed by atoms with Crippen LogP contribution in [0.1, 0.15) is 16.2 Å². The molecule has 2 heterocycles. The van der Waals surface area contributed by atoms with E-state index in [-0.39, 0.29) is 11.4 Å². The van der Waals surface area contributed by atoms with Crippen LogP contribution >= 0.6 is 0 Å². The summed E-state index contributed by atoms with van der Waals surface area (Å²) in [4.78, 5) is 14.4. The molecule has 0 unspecified atom stereocenters. The molecule has 0 fully saturated rings. The molecule has 5 nitrogen and oxygen atoms in total. The van der Waals surface area contributed by atoms with Gasteiger partial charge in [0.25, 0.3) is 0 Å². The van der Waals surface area contributed by atoms with Crippen LogP contribution in [-0.4, -0.2) is 25.7 Å². The first-order valence-electron chi connectivity index (χ1n) is 3.85. The highest BCUT2D eigenvalue weighted by Crippen LogP contribution is 2.08. The van der Waals surface area contributed by atoms with E-state index in [0.717, 1.165) is 4.52 Å². The number of carboxylic acids is 1. The van der Waals surface area contributed by atoms with Crippen LogP contribution in [0.2, 0.25) is 0 Å². The van der Waals surface area contributed by atoms with Crippen LogP contribution in [0, 0.1) is 12.9 Å². The minimum atomic E-state index is -1.20. The van der Waals surface area contributed by atoms with Crippen LogP contribution in [-0.2, 0) is 0 Å². The summed E-state index contributed by atoms with van der Waals surface area (Å²) in [7, 11) is 0. The van der Waals surface area contributed by atoms with E-state index >= 15 is 0 Å². The summed E-state index contributed by atoms with van der Waals surface area (Å²) in [6.07, 6.45) is 0. The fraction of sp³-hybridized carbons (Fsp3) is 0.125. The zero-order valence-electron chi connectivity index (χ0n) is 7.23. The van der Waals surface area contributed by atoms with Crippen LogP contribution in [0.4, 0.5) is 4.39 Å². The van der Waals surface area contributed by atoms with Gasteiger partial charge in [-0.2, -0.15) is 14.0 Å². The number of carboxylic acid groups (broad SMARTS) is 1. The van der Waals surface area contributed by atoms with Crippen LogP contribution in [0.5, 0.6) is 0 Å². The van der Waals surface area contributed by atoms with Gasteiger partial charge in [0.1, 0.15) is 0 Å². The Morgan fingerprint density at radius 1 is 1.57 bits per heavy atom. The zero-order chi connectivity index (χ0) is 10.3. The van der Waals surface area contributed by atoms with Crippen molar-refractivity contribution in [2.24, 2.45) is 0 Å². The van der Waals surface area contributed by atoms with Crippen molar-refractivity contribution in [2.45, 2.75) is 6.92 Å². The number of aromatic carboxylic acids is 1. The highest BCUT2D eigenvalue weighted by Gasteiger charge is 2.11. The first-order valence-corrected chi connectivity index (χ1v) is 3.85. The molecule has 2 rings (SSSR count). The molecule has 0 radical (unpaired) electrons. The van der Waals surface area contributed by atoms with Gasteiger partial charge in [0.15, 0.2) is 11.3 Å². The molecule has 2 aromatic rings. The summed E-state index contributed by atoms with van der Waals surface area (Å²) in [5.74, 6) is -1.83. The summed E-state index contributed by atoms with van der Waals surface area (Å²) in [5, 5.41) is 12.2. The summed E-state index contributed by atoms with van der Waals surface area (Å²) < 4.78 is 14.1. The average Bonchev–Trinajstić information content (AvgIpc) is 2.43. The molecular formula is C8H6FN3O2. The van der Waals surface area contributed by atoms with Crippen molar-refractivity contribution < 1.29 is 14.3 Å². The van der Waals surface area contributed by atoms with Gasteiger partial charge in [-0.1, -0.05) is 0 Å². The van der Waals surface area contributed by atoms with Gasteiger partial charge in [-0.15, -0.1) is 0 Å². The largest absolute Gasteiger partial charge is 0.476 e. The van der Waals surface area contributed by atoms with Crippen LogP contribution in [0.3, 0.4) is 0 Å². The van der Waals surface area contributed by atoms with Gasteiger partial charge in [0.2, 0.25) is 5.95 Å². The Bertz CT molecular complexity index is 521. The lowest BCUT2D eigenvalue weighted by Crippen LogP contribution is -2.05. The average molecular weight is 195 g/mol. The fourth-order valence-corrected chi connectivity index (χ4v) is 1.13. The highest BCUT2D eigenvalue weighted by molar-refractivity contribution is 5.85. The predicted molar refractivity (Wildman–Crippen MR) is 44.6 cm³/mol. The Morgan fingerprint density at radius 3 is 2.93 bits per heavy atom. The number of rotatable bonds is 1. The van der Waals surface area contributed by atoms with Gasteiger partial charge in [-0.05, 0) is 19.1 Å². The number of hydrogen-bond acceptors (Lipinski definition) is 3. The van der Waals surface area contributed by atoms with E-state index in [2.05, 4.69) is 10.1 Å². The third-order valence-corrected chi connectivity index (χ3v) is 1.80. The van der Waals surface area contributed by atoms with Gasteiger partial charge >= 0.3 is 5.97 Å². The van der Waals surface area contributed by atoms with E-state index in [9.17, 15) is 9.18 Å². The quantitative estimate of drug-likeness (QED) is 0.733. The maximum Gasteiger partial charge on any atom is 0.356 e. The van der Waals surface area contributed by atoms with Crippen molar-refractivity contribution in [2.75, 3.05) is 0 Å². The second-order valence-electron chi connectivity index (χ2n) is 2.78. The molecule has 0 aliphatic rings. The Kier molecular flexibility index (Phi) is 1.70. The number of aryl methyl sites for hydroxylation is 1.